The maximum Gasteiger partial charge on any atom is 0.345 e. The van der Waals surface area contributed by atoms with Crippen molar-refractivity contribution in [2.24, 2.45) is 0 Å². The van der Waals surface area contributed by atoms with Crippen molar-refractivity contribution in [3.63, 3.8) is 0 Å². The first kappa shape index (κ1) is 16.4. The summed E-state index contributed by atoms with van der Waals surface area (Å²) in [5, 5.41) is 0.920. The van der Waals surface area contributed by atoms with Crippen molar-refractivity contribution in [2.45, 2.75) is 0 Å². The van der Waals surface area contributed by atoms with Gasteiger partial charge in [-0.3, -0.25) is 4.79 Å². The number of hydrogen-bond acceptors (Lipinski definition) is 4. The minimum atomic E-state index is -0.315. The number of aldehydes is 1. The van der Waals surface area contributed by atoms with Crippen molar-refractivity contribution in [1.29, 1.82) is 0 Å². The summed E-state index contributed by atoms with van der Waals surface area (Å²) in [4.78, 5) is 27.3. The van der Waals surface area contributed by atoms with E-state index < -0.39 is 0 Å². The molecule has 0 spiro atoms. The second kappa shape index (κ2) is 7.33. The predicted octanol–water partition coefficient (Wildman–Crippen LogP) is 3.53. The van der Waals surface area contributed by atoms with E-state index in [2.05, 4.69) is 41.8 Å². The van der Waals surface area contributed by atoms with E-state index in [1.54, 1.807) is 24.4 Å². The predicted molar refractivity (Wildman–Crippen MR) is 94.0 cm³/mol. The lowest BCUT2D eigenvalue weighted by Crippen LogP contribution is -2.08. The Hall–Kier alpha value is -1.99. The standard InChI is InChI=1S/C8H5BrN2O.C7H6BrNO/c9-6-1-2-7-5(3-6)4-10-8(12)11-7;8-6-1-2-7(9)5(3-6)4-10/h1-4H,(H,10,11,12);1-4H,9H2. The van der Waals surface area contributed by atoms with Crippen LogP contribution in [0.1, 0.15) is 10.4 Å². The number of fused-ring (bicyclic) bond motifs is 1. The van der Waals surface area contributed by atoms with Crippen LogP contribution in [0.3, 0.4) is 0 Å². The van der Waals surface area contributed by atoms with Crippen molar-refractivity contribution in [2.75, 3.05) is 5.73 Å². The van der Waals surface area contributed by atoms with Crippen LogP contribution < -0.4 is 11.4 Å². The monoisotopic (exact) mass is 423 g/mol. The number of benzene rings is 2. The van der Waals surface area contributed by atoms with Crippen LogP contribution in [0.4, 0.5) is 5.69 Å². The molecule has 0 radical (unpaired) electrons. The maximum atomic E-state index is 10.8. The molecule has 0 aliphatic heterocycles. The Balaban J connectivity index is 0.000000164. The number of carbonyl (C=O) groups is 1. The van der Waals surface area contributed by atoms with Gasteiger partial charge < -0.3 is 10.7 Å². The quantitative estimate of drug-likeness (QED) is 0.462. The molecule has 0 amide bonds. The Bertz CT molecular complexity index is 878. The Kier molecular flexibility index (Phi) is 5.46. The van der Waals surface area contributed by atoms with Gasteiger partial charge in [0.2, 0.25) is 0 Å². The third kappa shape index (κ3) is 4.25. The number of halogens is 2. The van der Waals surface area contributed by atoms with Gasteiger partial charge in [-0.2, -0.15) is 0 Å². The Morgan fingerprint density at radius 2 is 1.77 bits per heavy atom. The number of aromatic amines is 1. The molecular weight excluding hydrogens is 414 g/mol. The normalized spacial score (nSPS) is 9.91. The van der Waals surface area contributed by atoms with E-state index in [-0.39, 0.29) is 5.69 Å². The van der Waals surface area contributed by atoms with Gasteiger partial charge in [0.25, 0.3) is 0 Å². The first-order valence-corrected chi connectivity index (χ1v) is 7.73. The summed E-state index contributed by atoms with van der Waals surface area (Å²) < 4.78 is 1.84. The van der Waals surface area contributed by atoms with E-state index in [0.717, 1.165) is 26.1 Å². The summed E-state index contributed by atoms with van der Waals surface area (Å²) in [5.74, 6) is 0. The van der Waals surface area contributed by atoms with Gasteiger partial charge in [0.15, 0.2) is 6.29 Å². The molecule has 112 valence electrons. The summed E-state index contributed by atoms with van der Waals surface area (Å²) in [6, 6.07) is 10.8. The largest absolute Gasteiger partial charge is 0.398 e. The lowest BCUT2D eigenvalue weighted by atomic mass is 10.2. The summed E-state index contributed by atoms with van der Waals surface area (Å²) in [7, 11) is 0. The molecule has 1 heterocycles. The summed E-state index contributed by atoms with van der Waals surface area (Å²) in [6.45, 7) is 0. The maximum absolute atomic E-state index is 10.8. The van der Waals surface area contributed by atoms with Crippen molar-refractivity contribution in [3.8, 4) is 0 Å². The highest BCUT2D eigenvalue weighted by Crippen LogP contribution is 2.16. The fourth-order valence-electron chi connectivity index (χ4n) is 1.68. The molecule has 0 bridgehead atoms. The number of H-pyrrole nitrogens is 1. The summed E-state index contributed by atoms with van der Waals surface area (Å²) in [5.41, 5.74) is 6.97. The molecule has 7 heteroatoms. The summed E-state index contributed by atoms with van der Waals surface area (Å²) >= 11 is 6.55. The number of hydrogen-bond donors (Lipinski definition) is 2. The molecule has 3 rings (SSSR count). The smallest absolute Gasteiger partial charge is 0.345 e. The van der Waals surface area contributed by atoms with Gasteiger partial charge >= 0.3 is 5.69 Å². The van der Waals surface area contributed by atoms with E-state index in [9.17, 15) is 9.59 Å². The fourth-order valence-corrected chi connectivity index (χ4v) is 2.44. The van der Waals surface area contributed by atoms with Gasteiger partial charge in [0, 0.05) is 31.8 Å². The number of anilines is 1. The molecule has 0 aliphatic carbocycles. The molecule has 0 unspecified atom stereocenters. The molecule has 3 aromatic rings. The number of nitrogen functional groups attached to an aromatic ring is 1. The van der Waals surface area contributed by atoms with Crippen LogP contribution in [0.25, 0.3) is 10.9 Å². The molecule has 0 atom stereocenters. The highest BCUT2D eigenvalue weighted by molar-refractivity contribution is 9.10. The zero-order chi connectivity index (χ0) is 16.1. The van der Waals surface area contributed by atoms with Crippen LogP contribution in [0.5, 0.6) is 0 Å². The van der Waals surface area contributed by atoms with Crippen LogP contribution in [-0.2, 0) is 0 Å². The number of nitrogens with two attached hydrogens (primary N) is 1. The molecule has 0 saturated carbocycles. The minimum Gasteiger partial charge on any atom is -0.398 e. The number of nitrogens with zero attached hydrogens (tertiary/aromatic N) is 1. The molecule has 1 aromatic heterocycles. The van der Waals surface area contributed by atoms with Crippen LogP contribution in [0.15, 0.2) is 56.3 Å². The lowest BCUT2D eigenvalue weighted by molar-refractivity contribution is 0.112. The lowest BCUT2D eigenvalue weighted by Gasteiger charge is -1.96. The molecule has 22 heavy (non-hydrogen) atoms. The van der Waals surface area contributed by atoms with Crippen LogP contribution in [-0.4, -0.2) is 16.3 Å². The molecule has 0 saturated heterocycles. The highest BCUT2D eigenvalue weighted by atomic mass is 79.9. The summed E-state index contributed by atoms with van der Waals surface area (Å²) in [6.07, 6.45) is 2.29. The van der Waals surface area contributed by atoms with Gasteiger partial charge in [-0.05, 0) is 36.4 Å². The zero-order valence-electron chi connectivity index (χ0n) is 11.2. The van der Waals surface area contributed by atoms with Gasteiger partial charge in [-0.15, -0.1) is 0 Å². The SMILES string of the molecule is Nc1ccc(Br)cc1C=O.O=c1ncc2cc(Br)ccc2[nH]1. The Labute approximate surface area is 142 Å². The van der Waals surface area contributed by atoms with Crippen LogP contribution >= 0.6 is 31.9 Å². The zero-order valence-corrected chi connectivity index (χ0v) is 14.4. The Morgan fingerprint density at radius 1 is 1.09 bits per heavy atom. The first-order chi connectivity index (χ1) is 10.5. The van der Waals surface area contributed by atoms with Crippen molar-refractivity contribution in [1.82, 2.24) is 9.97 Å². The third-order valence-electron chi connectivity index (χ3n) is 2.75. The fraction of sp³-hybridized carbons (Fsp3) is 0. The topological polar surface area (TPSA) is 88.8 Å². The van der Waals surface area contributed by atoms with E-state index in [0.29, 0.717) is 11.3 Å². The average Bonchev–Trinajstić information content (AvgIpc) is 2.50. The molecule has 0 fully saturated rings. The molecule has 0 aliphatic rings. The number of carbonyl (C=O) groups excluding carboxylic acids is 1. The van der Waals surface area contributed by atoms with E-state index in [4.69, 9.17) is 5.73 Å². The van der Waals surface area contributed by atoms with E-state index in [1.807, 2.05) is 18.2 Å². The van der Waals surface area contributed by atoms with Crippen molar-refractivity contribution >= 4 is 54.7 Å². The molecule has 5 nitrogen and oxygen atoms in total. The van der Waals surface area contributed by atoms with E-state index >= 15 is 0 Å². The second-order valence-corrected chi connectivity index (χ2v) is 6.14. The second-order valence-electron chi connectivity index (χ2n) is 4.31. The third-order valence-corrected chi connectivity index (χ3v) is 3.74. The van der Waals surface area contributed by atoms with Gasteiger partial charge in [0.05, 0.1) is 5.52 Å². The number of aromatic nitrogens is 2. The number of rotatable bonds is 1. The average molecular weight is 425 g/mol. The minimum absolute atomic E-state index is 0.315. The van der Waals surface area contributed by atoms with Crippen LogP contribution in [0.2, 0.25) is 0 Å². The molecule has 3 N–H and O–H groups in total. The van der Waals surface area contributed by atoms with Gasteiger partial charge in [0.1, 0.15) is 0 Å². The van der Waals surface area contributed by atoms with Crippen molar-refractivity contribution in [3.05, 3.63) is 67.6 Å². The van der Waals surface area contributed by atoms with Gasteiger partial charge in [-0.25, -0.2) is 9.78 Å². The van der Waals surface area contributed by atoms with E-state index in [1.165, 1.54) is 0 Å². The highest BCUT2D eigenvalue weighted by Gasteiger charge is 1.96. The number of nitrogens with one attached hydrogen (secondary N) is 1. The Morgan fingerprint density at radius 3 is 2.45 bits per heavy atom. The first-order valence-electron chi connectivity index (χ1n) is 6.14. The van der Waals surface area contributed by atoms with Crippen molar-refractivity contribution < 1.29 is 4.79 Å². The molecular formula is C15H11Br2N3O2. The van der Waals surface area contributed by atoms with Crippen LogP contribution in [0, 0.1) is 0 Å². The molecule has 2 aromatic carbocycles. The van der Waals surface area contributed by atoms with Gasteiger partial charge in [-0.1, -0.05) is 31.9 Å².